The first-order chi connectivity index (χ1) is 9.85. The topological polar surface area (TPSA) is 37.3 Å². The van der Waals surface area contributed by atoms with Crippen LogP contribution >= 0.6 is 0 Å². The van der Waals surface area contributed by atoms with Crippen LogP contribution in [0, 0.1) is 5.41 Å². The minimum Gasteiger partial charge on any atom is -0.481 e. The van der Waals surface area contributed by atoms with Gasteiger partial charge in [-0.3, -0.25) is 4.79 Å². The summed E-state index contributed by atoms with van der Waals surface area (Å²) in [6.07, 6.45) is 7.69. The summed E-state index contributed by atoms with van der Waals surface area (Å²) in [5.41, 5.74) is 1.60. The molecule has 0 saturated heterocycles. The lowest BCUT2D eigenvalue weighted by Crippen LogP contribution is -2.04. The van der Waals surface area contributed by atoms with E-state index in [0.717, 1.165) is 12.8 Å². The van der Waals surface area contributed by atoms with Gasteiger partial charge in [-0.15, -0.1) is 0 Å². The molecule has 0 aliphatic carbocycles. The summed E-state index contributed by atoms with van der Waals surface area (Å²) >= 11 is 0. The highest BCUT2D eigenvalue weighted by Crippen LogP contribution is 2.22. The quantitative estimate of drug-likeness (QED) is 0.645. The largest absolute Gasteiger partial charge is 0.481 e. The summed E-state index contributed by atoms with van der Waals surface area (Å²) in [5.74, 6) is -0.671. The Kier molecular flexibility index (Phi) is 10.3. The fraction of sp³-hybridized carbons (Fsp3) is 0.526. The molecule has 0 aliphatic heterocycles. The Hall–Kier alpha value is -1.57. The summed E-state index contributed by atoms with van der Waals surface area (Å²) in [7, 11) is 0. The number of carboxylic acid groups (broad SMARTS) is 1. The number of unbranched alkanes of at least 4 members (excludes halogenated alkanes) is 3. The molecule has 1 aromatic rings. The van der Waals surface area contributed by atoms with Crippen LogP contribution in [-0.4, -0.2) is 11.1 Å². The molecule has 0 spiro atoms. The van der Waals surface area contributed by atoms with Crippen LogP contribution in [0.25, 0.3) is 6.08 Å². The van der Waals surface area contributed by atoms with Crippen LogP contribution in [0.3, 0.4) is 0 Å². The van der Waals surface area contributed by atoms with Gasteiger partial charge in [0.1, 0.15) is 0 Å². The lowest BCUT2D eigenvalue weighted by molar-refractivity contribution is -0.137. The fourth-order valence-electron chi connectivity index (χ4n) is 1.87. The molecule has 0 bridgehead atoms. The molecule has 0 aromatic heterocycles. The molecule has 2 nitrogen and oxygen atoms in total. The highest BCUT2D eigenvalue weighted by atomic mass is 16.4. The second-order valence-electron chi connectivity index (χ2n) is 6.48. The minimum absolute atomic E-state index is 0.329. The Morgan fingerprint density at radius 2 is 1.67 bits per heavy atom. The molecule has 0 heterocycles. The Bertz CT molecular complexity index is 388. The number of benzene rings is 1. The first-order valence-electron chi connectivity index (χ1n) is 7.74. The van der Waals surface area contributed by atoms with Gasteiger partial charge in [-0.05, 0) is 23.8 Å². The second kappa shape index (κ2) is 11.1. The van der Waals surface area contributed by atoms with E-state index in [1.165, 1.54) is 24.8 Å². The highest BCUT2D eigenvalue weighted by Gasteiger charge is 2.08. The van der Waals surface area contributed by atoms with E-state index < -0.39 is 5.97 Å². The lowest BCUT2D eigenvalue weighted by atomic mass is 9.89. The van der Waals surface area contributed by atoms with Gasteiger partial charge in [0.15, 0.2) is 0 Å². The minimum atomic E-state index is -0.671. The van der Waals surface area contributed by atoms with Crippen LogP contribution in [0.1, 0.15) is 64.9 Å². The van der Waals surface area contributed by atoms with E-state index in [4.69, 9.17) is 5.11 Å². The Morgan fingerprint density at radius 1 is 1.10 bits per heavy atom. The van der Waals surface area contributed by atoms with E-state index in [1.807, 2.05) is 36.4 Å². The SMILES string of the molecule is C=Cc1ccccc1.CC(C)(C)CCCCCCC(=O)O. The molecule has 0 unspecified atom stereocenters. The molecule has 0 aliphatic rings. The summed E-state index contributed by atoms with van der Waals surface area (Å²) in [5, 5.41) is 8.40. The van der Waals surface area contributed by atoms with Gasteiger partial charge in [0.2, 0.25) is 0 Å². The average Bonchev–Trinajstić information content (AvgIpc) is 2.43. The summed E-state index contributed by atoms with van der Waals surface area (Å²) in [6, 6.07) is 10.0. The molecule has 2 heteroatoms. The van der Waals surface area contributed by atoms with Crippen molar-refractivity contribution >= 4 is 12.0 Å². The summed E-state index contributed by atoms with van der Waals surface area (Å²) < 4.78 is 0. The van der Waals surface area contributed by atoms with Crippen molar-refractivity contribution in [2.75, 3.05) is 0 Å². The van der Waals surface area contributed by atoms with Gasteiger partial charge in [0, 0.05) is 6.42 Å². The number of hydrogen-bond acceptors (Lipinski definition) is 1. The molecule has 1 N–H and O–H groups in total. The molecule has 0 radical (unpaired) electrons. The van der Waals surface area contributed by atoms with Gasteiger partial charge >= 0.3 is 5.97 Å². The summed E-state index contributed by atoms with van der Waals surface area (Å²) in [6.45, 7) is 10.4. The highest BCUT2D eigenvalue weighted by molar-refractivity contribution is 5.66. The van der Waals surface area contributed by atoms with Crippen LogP contribution in [-0.2, 0) is 4.79 Å². The van der Waals surface area contributed by atoms with Gasteiger partial charge in [-0.2, -0.15) is 0 Å². The van der Waals surface area contributed by atoms with Crippen molar-refractivity contribution < 1.29 is 9.90 Å². The van der Waals surface area contributed by atoms with E-state index >= 15 is 0 Å². The van der Waals surface area contributed by atoms with Crippen LogP contribution in [0.4, 0.5) is 0 Å². The maximum absolute atomic E-state index is 10.2. The third-order valence-corrected chi connectivity index (χ3v) is 3.10. The van der Waals surface area contributed by atoms with Crippen molar-refractivity contribution in [3.63, 3.8) is 0 Å². The first-order valence-corrected chi connectivity index (χ1v) is 7.74. The molecular weight excluding hydrogens is 260 g/mol. The van der Waals surface area contributed by atoms with Gasteiger partial charge in [-0.1, -0.05) is 83.0 Å². The molecule has 0 fully saturated rings. The van der Waals surface area contributed by atoms with Gasteiger partial charge in [-0.25, -0.2) is 0 Å². The normalized spacial score (nSPS) is 10.4. The lowest BCUT2D eigenvalue weighted by Gasteiger charge is -2.17. The zero-order valence-corrected chi connectivity index (χ0v) is 13.8. The van der Waals surface area contributed by atoms with E-state index in [1.54, 1.807) is 0 Å². The number of carboxylic acids is 1. The summed E-state index contributed by atoms with van der Waals surface area (Å²) in [4.78, 5) is 10.2. The number of rotatable bonds is 7. The zero-order chi connectivity index (χ0) is 16.1. The molecular formula is C19H30O2. The fourth-order valence-corrected chi connectivity index (χ4v) is 1.87. The molecule has 1 aromatic carbocycles. The van der Waals surface area contributed by atoms with Gasteiger partial charge in [0.05, 0.1) is 0 Å². The molecule has 0 amide bonds. The van der Waals surface area contributed by atoms with Crippen molar-refractivity contribution in [1.29, 1.82) is 0 Å². The first kappa shape index (κ1) is 19.4. The number of carbonyl (C=O) groups is 1. The monoisotopic (exact) mass is 290 g/mol. The molecule has 0 saturated carbocycles. The third kappa shape index (κ3) is 14.6. The van der Waals surface area contributed by atoms with Crippen LogP contribution in [0.15, 0.2) is 36.9 Å². The van der Waals surface area contributed by atoms with Crippen molar-refractivity contribution in [3.8, 4) is 0 Å². The van der Waals surface area contributed by atoms with E-state index in [0.29, 0.717) is 11.8 Å². The van der Waals surface area contributed by atoms with Crippen molar-refractivity contribution in [1.82, 2.24) is 0 Å². The van der Waals surface area contributed by atoms with Crippen molar-refractivity contribution in [2.45, 2.75) is 59.3 Å². The van der Waals surface area contributed by atoms with E-state index in [2.05, 4.69) is 27.4 Å². The molecule has 21 heavy (non-hydrogen) atoms. The molecule has 118 valence electrons. The Labute approximate surface area is 129 Å². The van der Waals surface area contributed by atoms with E-state index in [-0.39, 0.29) is 0 Å². The van der Waals surface area contributed by atoms with E-state index in [9.17, 15) is 4.79 Å². The molecule has 1 rings (SSSR count). The van der Waals surface area contributed by atoms with Crippen molar-refractivity contribution in [2.24, 2.45) is 5.41 Å². The smallest absolute Gasteiger partial charge is 0.303 e. The maximum atomic E-state index is 10.2. The van der Waals surface area contributed by atoms with Crippen LogP contribution < -0.4 is 0 Å². The maximum Gasteiger partial charge on any atom is 0.303 e. The van der Waals surface area contributed by atoms with Crippen molar-refractivity contribution in [3.05, 3.63) is 42.5 Å². The van der Waals surface area contributed by atoms with Gasteiger partial charge in [0.25, 0.3) is 0 Å². The predicted molar refractivity (Wildman–Crippen MR) is 91.3 cm³/mol. The van der Waals surface area contributed by atoms with Crippen LogP contribution in [0.2, 0.25) is 0 Å². The number of hydrogen-bond donors (Lipinski definition) is 1. The molecule has 0 atom stereocenters. The van der Waals surface area contributed by atoms with Crippen LogP contribution in [0.5, 0.6) is 0 Å². The standard InChI is InChI=1S/C11H22O2.C8H8/c1-11(2,3)9-7-5-4-6-8-10(12)13;1-2-8-6-4-3-5-7-8/h4-9H2,1-3H3,(H,12,13);2-7H,1H2. The Balaban J connectivity index is 0.000000423. The second-order valence-corrected chi connectivity index (χ2v) is 6.48. The number of aliphatic carboxylic acids is 1. The predicted octanol–water partition coefficient (Wildman–Crippen LogP) is 5.79. The third-order valence-electron chi connectivity index (χ3n) is 3.10. The Morgan fingerprint density at radius 3 is 2.10 bits per heavy atom. The average molecular weight is 290 g/mol. The van der Waals surface area contributed by atoms with Gasteiger partial charge < -0.3 is 5.11 Å². The zero-order valence-electron chi connectivity index (χ0n) is 13.8.